The van der Waals surface area contributed by atoms with Crippen LogP contribution in [0.15, 0.2) is 22.7 Å². The number of carbonyl (C=O) groups is 1. The zero-order valence-electron chi connectivity index (χ0n) is 13.3. The fourth-order valence-electron chi connectivity index (χ4n) is 4.40. The van der Waals surface area contributed by atoms with E-state index in [1.54, 1.807) is 0 Å². The molecule has 1 aromatic rings. The average Bonchev–Trinajstić information content (AvgIpc) is 2.75. The molecule has 2 saturated carbocycles. The summed E-state index contributed by atoms with van der Waals surface area (Å²) < 4.78 is 0.995. The maximum atomic E-state index is 12.6. The van der Waals surface area contributed by atoms with E-state index in [-0.39, 0.29) is 11.3 Å². The minimum atomic E-state index is 0.0604. The molecule has 1 amide bonds. The van der Waals surface area contributed by atoms with Crippen LogP contribution in [0.25, 0.3) is 0 Å². The van der Waals surface area contributed by atoms with Gasteiger partial charge in [0.2, 0.25) is 0 Å². The van der Waals surface area contributed by atoms with E-state index in [1.165, 1.54) is 12.8 Å². The molecule has 3 atom stereocenters. The Morgan fingerprint density at radius 1 is 1.33 bits per heavy atom. The summed E-state index contributed by atoms with van der Waals surface area (Å²) in [6.07, 6.45) is 3.67. The van der Waals surface area contributed by atoms with E-state index in [2.05, 4.69) is 42.0 Å². The van der Waals surface area contributed by atoms with Crippen molar-refractivity contribution in [3.05, 3.63) is 33.8 Å². The molecule has 0 aromatic heterocycles. The highest BCUT2D eigenvalue weighted by Gasteiger charge is 2.61. The van der Waals surface area contributed by atoms with Gasteiger partial charge in [-0.25, -0.2) is 0 Å². The number of benzene rings is 1. The number of amides is 1. The number of nitrogens with one attached hydrogen (secondary N) is 1. The first kappa shape index (κ1) is 15.1. The Morgan fingerprint density at radius 3 is 2.57 bits per heavy atom. The molecule has 0 radical (unpaired) electrons. The lowest BCUT2D eigenvalue weighted by Gasteiger charge is -2.39. The van der Waals surface area contributed by atoms with E-state index in [4.69, 9.17) is 0 Å². The summed E-state index contributed by atoms with van der Waals surface area (Å²) in [5.41, 5.74) is 2.46. The van der Waals surface area contributed by atoms with Gasteiger partial charge in [0, 0.05) is 16.1 Å². The smallest absolute Gasteiger partial charge is 0.251 e. The standard InChI is InChI=1S/C18H24BrNO/c1-11-5-6-12(9-14(11)19)16(21)20-15-10-13-7-8-18(15,4)17(13,2)3/h5-6,9,13,15H,7-8,10H2,1-4H3,(H,20,21). The molecule has 0 saturated heterocycles. The van der Waals surface area contributed by atoms with Crippen molar-refractivity contribution in [1.29, 1.82) is 0 Å². The molecule has 3 heteroatoms. The molecule has 1 aromatic carbocycles. The normalized spacial score (nSPS) is 33.2. The van der Waals surface area contributed by atoms with Gasteiger partial charge in [0.05, 0.1) is 0 Å². The van der Waals surface area contributed by atoms with Gasteiger partial charge in [-0.1, -0.05) is 42.8 Å². The number of hydrogen-bond acceptors (Lipinski definition) is 1. The topological polar surface area (TPSA) is 29.1 Å². The molecule has 2 bridgehead atoms. The molecule has 3 rings (SSSR count). The third-order valence-electron chi connectivity index (χ3n) is 6.53. The minimum Gasteiger partial charge on any atom is -0.349 e. The molecule has 21 heavy (non-hydrogen) atoms. The summed E-state index contributed by atoms with van der Waals surface area (Å²) in [6, 6.07) is 6.13. The van der Waals surface area contributed by atoms with Crippen LogP contribution >= 0.6 is 15.9 Å². The van der Waals surface area contributed by atoms with Crippen LogP contribution in [0.5, 0.6) is 0 Å². The molecule has 2 nitrogen and oxygen atoms in total. The van der Waals surface area contributed by atoms with Crippen LogP contribution in [0.4, 0.5) is 0 Å². The fourth-order valence-corrected chi connectivity index (χ4v) is 4.78. The van der Waals surface area contributed by atoms with Gasteiger partial charge in [-0.05, 0) is 60.6 Å². The largest absolute Gasteiger partial charge is 0.349 e. The van der Waals surface area contributed by atoms with E-state index in [9.17, 15) is 4.79 Å². The molecule has 2 aliphatic carbocycles. The molecular weight excluding hydrogens is 326 g/mol. The number of halogens is 1. The van der Waals surface area contributed by atoms with Crippen molar-refractivity contribution in [1.82, 2.24) is 5.32 Å². The third-order valence-corrected chi connectivity index (χ3v) is 7.39. The third kappa shape index (κ3) is 2.16. The first-order valence-electron chi connectivity index (χ1n) is 7.83. The van der Waals surface area contributed by atoms with E-state index in [0.29, 0.717) is 11.5 Å². The number of fused-ring (bicyclic) bond motifs is 2. The minimum absolute atomic E-state index is 0.0604. The van der Waals surface area contributed by atoms with E-state index < -0.39 is 0 Å². The molecule has 0 spiro atoms. The summed E-state index contributed by atoms with van der Waals surface area (Å²) in [5, 5.41) is 3.31. The Labute approximate surface area is 135 Å². The zero-order valence-corrected chi connectivity index (χ0v) is 14.9. The van der Waals surface area contributed by atoms with Gasteiger partial charge in [0.1, 0.15) is 0 Å². The van der Waals surface area contributed by atoms with Crippen molar-refractivity contribution in [2.24, 2.45) is 16.7 Å². The Hall–Kier alpha value is -0.830. The number of rotatable bonds is 2. The van der Waals surface area contributed by atoms with Crippen LogP contribution in [0, 0.1) is 23.7 Å². The number of hydrogen-bond donors (Lipinski definition) is 1. The van der Waals surface area contributed by atoms with Gasteiger partial charge >= 0.3 is 0 Å². The Balaban J connectivity index is 1.79. The molecule has 3 unspecified atom stereocenters. The highest BCUT2D eigenvalue weighted by Crippen LogP contribution is 2.65. The number of carbonyl (C=O) groups excluding carboxylic acids is 1. The monoisotopic (exact) mass is 349 g/mol. The lowest BCUT2D eigenvalue weighted by atomic mass is 9.69. The van der Waals surface area contributed by atoms with Crippen molar-refractivity contribution < 1.29 is 4.79 Å². The van der Waals surface area contributed by atoms with Crippen molar-refractivity contribution in [3.63, 3.8) is 0 Å². The van der Waals surface area contributed by atoms with Gasteiger partial charge < -0.3 is 5.32 Å². The Bertz CT molecular complexity index is 595. The van der Waals surface area contributed by atoms with E-state index in [0.717, 1.165) is 27.9 Å². The van der Waals surface area contributed by atoms with Crippen molar-refractivity contribution >= 4 is 21.8 Å². The Kier molecular flexibility index (Phi) is 3.47. The average molecular weight is 350 g/mol. The molecular formula is C18H24BrNO. The van der Waals surface area contributed by atoms with E-state index >= 15 is 0 Å². The van der Waals surface area contributed by atoms with Crippen LogP contribution in [0.2, 0.25) is 0 Å². The molecule has 2 aliphatic rings. The van der Waals surface area contributed by atoms with Gasteiger partial charge in [-0.2, -0.15) is 0 Å². The first-order valence-corrected chi connectivity index (χ1v) is 8.62. The van der Waals surface area contributed by atoms with Crippen LogP contribution in [0.3, 0.4) is 0 Å². The predicted molar refractivity (Wildman–Crippen MR) is 89.4 cm³/mol. The lowest BCUT2D eigenvalue weighted by Crippen LogP contribution is -2.46. The van der Waals surface area contributed by atoms with Crippen molar-refractivity contribution in [3.8, 4) is 0 Å². The SMILES string of the molecule is Cc1ccc(C(=O)NC2CC3CCC2(C)C3(C)C)cc1Br. The molecule has 2 fully saturated rings. The molecule has 0 aliphatic heterocycles. The quantitative estimate of drug-likeness (QED) is 0.823. The highest BCUT2D eigenvalue weighted by molar-refractivity contribution is 9.10. The van der Waals surface area contributed by atoms with Crippen molar-refractivity contribution in [2.75, 3.05) is 0 Å². The lowest BCUT2D eigenvalue weighted by molar-refractivity contribution is 0.0826. The van der Waals surface area contributed by atoms with Crippen LogP contribution < -0.4 is 5.32 Å². The second-order valence-electron chi connectivity index (χ2n) is 7.60. The Morgan fingerprint density at radius 2 is 2.05 bits per heavy atom. The van der Waals surface area contributed by atoms with Crippen LogP contribution in [-0.4, -0.2) is 11.9 Å². The van der Waals surface area contributed by atoms with Gasteiger partial charge in [-0.15, -0.1) is 0 Å². The maximum Gasteiger partial charge on any atom is 0.251 e. The van der Waals surface area contributed by atoms with E-state index in [1.807, 2.05) is 25.1 Å². The van der Waals surface area contributed by atoms with Gasteiger partial charge in [0.25, 0.3) is 5.91 Å². The van der Waals surface area contributed by atoms with Gasteiger partial charge in [0.15, 0.2) is 0 Å². The first-order chi connectivity index (χ1) is 9.75. The maximum absolute atomic E-state index is 12.6. The molecule has 1 N–H and O–H groups in total. The second kappa shape index (κ2) is 4.84. The zero-order chi connectivity index (χ0) is 15.4. The summed E-state index contributed by atoms with van der Waals surface area (Å²) in [6.45, 7) is 9.14. The van der Waals surface area contributed by atoms with Gasteiger partial charge in [-0.3, -0.25) is 4.79 Å². The molecule has 0 heterocycles. The second-order valence-corrected chi connectivity index (χ2v) is 8.45. The van der Waals surface area contributed by atoms with Crippen LogP contribution in [0.1, 0.15) is 56.0 Å². The number of aryl methyl sites for hydroxylation is 1. The summed E-state index contributed by atoms with van der Waals surface area (Å²) in [5.74, 6) is 0.808. The summed E-state index contributed by atoms with van der Waals surface area (Å²) >= 11 is 3.51. The van der Waals surface area contributed by atoms with Crippen molar-refractivity contribution in [2.45, 2.75) is 53.0 Å². The molecule has 114 valence electrons. The fraction of sp³-hybridized carbons (Fsp3) is 0.611. The summed E-state index contributed by atoms with van der Waals surface area (Å²) in [7, 11) is 0. The summed E-state index contributed by atoms with van der Waals surface area (Å²) in [4.78, 5) is 12.6. The van der Waals surface area contributed by atoms with Crippen LogP contribution in [-0.2, 0) is 0 Å². The highest BCUT2D eigenvalue weighted by atomic mass is 79.9. The predicted octanol–water partition coefficient (Wildman–Crippen LogP) is 4.70.